The number of carbonyl (C=O) groups excluding carboxylic acids is 2. The Morgan fingerprint density at radius 3 is 2.52 bits per heavy atom. The molecule has 0 bridgehead atoms. The van der Waals surface area contributed by atoms with Gasteiger partial charge in [0, 0.05) is 29.3 Å². The van der Waals surface area contributed by atoms with Crippen molar-refractivity contribution >= 4 is 34.8 Å². The topological polar surface area (TPSA) is 70.6 Å². The molecule has 0 aliphatic rings. The van der Waals surface area contributed by atoms with E-state index in [2.05, 4.69) is 29.7 Å². The third-order valence-corrected chi connectivity index (χ3v) is 3.61. The molecule has 5 nitrogen and oxygen atoms in total. The average Bonchev–Trinajstić information content (AvgIpc) is 2.47. The van der Waals surface area contributed by atoms with Crippen LogP contribution in [-0.2, 0) is 9.59 Å². The Hall–Kier alpha value is -1.88. The van der Waals surface area contributed by atoms with Gasteiger partial charge in [0.1, 0.15) is 0 Å². The molecule has 0 unspecified atom stereocenters. The molecular formula is C17H24ClN3O2. The van der Waals surface area contributed by atoms with Gasteiger partial charge in [-0.1, -0.05) is 31.5 Å². The fraction of sp³-hybridized carbons (Fsp3) is 0.471. The number of benzene rings is 1. The summed E-state index contributed by atoms with van der Waals surface area (Å²) in [6.07, 6.45) is 1.01. The molecule has 0 aromatic heterocycles. The van der Waals surface area contributed by atoms with Gasteiger partial charge >= 0.3 is 0 Å². The van der Waals surface area contributed by atoms with Crippen molar-refractivity contribution in [3.05, 3.63) is 28.8 Å². The molecule has 23 heavy (non-hydrogen) atoms. The van der Waals surface area contributed by atoms with Crippen LogP contribution in [0.4, 0.5) is 5.69 Å². The molecule has 0 heterocycles. The maximum atomic E-state index is 11.9. The molecule has 1 aromatic carbocycles. The number of anilines is 1. The molecule has 0 fully saturated rings. The van der Waals surface area contributed by atoms with Crippen LogP contribution in [0.2, 0.25) is 5.02 Å². The van der Waals surface area contributed by atoms with Gasteiger partial charge in [0.15, 0.2) is 0 Å². The third kappa shape index (κ3) is 7.28. The zero-order chi connectivity index (χ0) is 17.4. The number of rotatable bonds is 7. The van der Waals surface area contributed by atoms with Crippen molar-refractivity contribution in [1.29, 1.82) is 0 Å². The largest absolute Gasteiger partial charge is 0.326 e. The van der Waals surface area contributed by atoms with Crippen molar-refractivity contribution in [3.63, 3.8) is 0 Å². The number of carbonyl (C=O) groups is 2. The molecule has 0 atom stereocenters. The Labute approximate surface area is 142 Å². The zero-order valence-electron chi connectivity index (χ0n) is 14.1. The standard InChI is InChI=1S/C17H24ClN3O2/c1-11(2)10-12(3)20-21-17(23)9-8-16(22)19-15-7-5-6-14(18)13(15)4/h5-7,11H,8-10H2,1-4H3,(H,19,22)(H,21,23). The van der Waals surface area contributed by atoms with Crippen molar-refractivity contribution in [2.45, 2.75) is 47.0 Å². The summed E-state index contributed by atoms with van der Waals surface area (Å²) in [7, 11) is 0. The van der Waals surface area contributed by atoms with Crippen LogP contribution < -0.4 is 10.7 Å². The Morgan fingerprint density at radius 2 is 1.87 bits per heavy atom. The summed E-state index contributed by atoms with van der Waals surface area (Å²) >= 11 is 6.00. The number of amides is 2. The molecular weight excluding hydrogens is 314 g/mol. The Morgan fingerprint density at radius 1 is 1.22 bits per heavy atom. The number of halogens is 1. The van der Waals surface area contributed by atoms with Gasteiger partial charge in [-0.25, -0.2) is 5.43 Å². The van der Waals surface area contributed by atoms with E-state index in [1.54, 1.807) is 18.2 Å². The number of nitrogens with zero attached hydrogens (tertiary/aromatic N) is 1. The van der Waals surface area contributed by atoms with E-state index in [-0.39, 0.29) is 24.7 Å². The molecule has 6 heteroatoms. The smallest absolute Gasteiger partial charge is 0.240 e. The highest BCUT2D eigenvalue weighted by Crippen LogP contribution is 2.23. The minimum absolute atomic E-state index is 0.0872. The van der Waals surface area contributed by atoms with E-state index >= 15 is 0 Å². The highest BCUT2D eigenvalue weighted by molar-refractivity contribution is 6.31. The molecule has 2 N–H and O–H groups in total. The van der Waals surface area contributed by atoms with Gasteiger partial charge in [-0.15, -0.1) is 0 Å². The maximum absolute atomic E-state index is 11.9. The first-order valence-corrected chi connectivity index (χ1v) is 8.04. The van der Waals surface area contributed by atoms with Gasteiger partial charge in [-0.2, -0.15) is 5.10 Å². The highest BCUT2D eigenvalue weighted by Gasteiger charge is 2.09. The van der Waals surface area contributed by atoms with Gasteiger partial charge in [-0.3, -0.25) is 9.59 Å². The van der Waals surface area contributed by atoms with E-state index in [0.29, 0.717) is 16.6 Å². The first kappa shape index (κ1) is 19.2. The highest BCUT2D eigenvalue weighted by atomic mass is 35.5. The Kier molecular flexibility index (Phi) is 7.75. The van der Waals surface area contributed by atoms with Crippen molar-refractivity contribution in [2.75, 3.05) is 5.32 Å². The second kappa shape index (κ2) is 9.30. The summed E-state index contributed by atoms with van der Waals surface area (Å²) in [5.74, 6) is -0.0122. The normalized spacial score (nSPS) is 11.5. The molecule has 0 spiro atoms. The third-order valence-electron chi connectivity index (χ3n) is 3.20. The van der Waals surface area contributed by atoms with Crippen LogP contribution in [0.3, 0.4) is 0 Å². The lowest BCUT2D eigenvalue weighted by molar-refractivity contribution is -0.124. The van der Waals surface area contributed by atoms with Crippen LogP contribution >= 0.6 is 11.6 Å². The minimum atomic E-state index is -0.272. The summed E-state index contributed by atoms with van der Waals surface area (Å²) in [6.45, 7) is 7.87. The van der Waals surface area contributed by atoms with Crippen LogP contribution in [-0.4, -0.2) is 17.5 Å². The lowest BCUT2D eigenvalue weighted by Gasteiger charge is -2.09. The molecule has 1 rings (SSSR count). The summed E-state index contributed by atoms with van der Waals surface area (Å²) in [4.78, 5) is 23.6. The molecule has 0 saturated heterocycles. The van der Waals surface area contributed by atoms with Gasteiger partial charge in [0.25, 0.3) is 0 Å². The molecule has 1 aromatic rings. The Bertz CT molecular complexity index is 598. The van der Waals surface area contributed by atoms with Gasteiger partial charge in [0.05, 0.1) is 0 Å². The van der Waals surface area contributed by atoms with E-state index in [0.717, 1.165) is 17.7 Å². The number of nitrogens with one attached hydrogen (secondary N) is 2. The molecule has 126 valence electrons. The van der Waals surface area contributed by atoms with Crippen LogP contribution in [0.5, 0.6) is 0 Å². The van der Waals surface area contributed by atoms with Crippen LogP contribution in [0.1, 0.15) is 45.6 Å². The predicted molar refractivity (Wildman–Crippen MR) is 94.8 cm³/mol. The lowest BCUT2D eigenvalue weighted by atomic mass is 10.1. The summed E-state index contributed by atoms with van der Waals surface area (Å²) in [5, 5.41) is 7.37. The molecule has 2 amide bonds. The Balaban J connectivity index is 2.41. The predicted octanol–water partition coefficient (Wildman–Crippen LogP) is 3.91. The van der Waals surface area contributed by atoms with Crippen LogP contribution in [0, 0.1) is 12.8 Å². The second-order valence-corrected chi connectivity index (χ2v) is 6.35. The van der Waals surface area contributed by atoms with E-state index < -0.39 is 0 Å². The van der Waals surface area contributed by atoms with Crippen LogP contribution in [0.25, 0.3) is 0 Å². The van der Waals surface area contributed by atoms with Gasteiger partial charge in [-0.05, 0) is 43.9 Å². The lowest BCUT2D eigenvalue weighted by Crippen LogP contribution is -2.22. The van der Waals surface area contributed by atoms with E-state index in [9.17, 15) is 9.59 Å². The van der Waals surface area contributed by atoms with Gasteiger partial charge < -0.3 is 5.32 Å². The quantitative estimate of drug-likeness (QED) is 0.585. The fourth-order valence-electron chi connectivity index (χ4n) is 2.03. The zero-order valence-corrected chi connectivity index (χ0v) is 14.8. The minimum Gasteiger partial charge on any atom is -0.326 e. The van der Waals surface area contributed by atoms with Crippen molar-refractivity contribution in [1.82, 2.24) is 5.43 Å². The molecule has 0 saturated carbocycles. The first-order chi connectivity index (χ1) is 10.8. The van der Waals surface area contributed by atoms with Crippen molar-refractivity contribution in [3.8, 4) is 0 Å². The summed E-state index contributed by atoms with van der Waals surface area (Å²) in [6, 6.07) is 5.31. The monoisotopic (exact) mass is 337 g/mol. The number of hydrogen-bond acceptors (Lipinski definition) is 3. The molecule has 0 aliphatic heterocycles. The van der Waals surface area contributed by atoms with E-state index in [1.807, 2.05) is 13.8 Å². The summed E-state index contributed by atoms with van der Waals surface area (Å²) in [5.41, 5.74) is 4.81. The summed E-state index contributed by atoms with van der Waals surface area (Å²) < 4.78 is 0. The first-order valence-electron chi connectivity index (χ1n) is 7.66. The van der Waals surface area contributed by atoms with Gasteiger partial charge in [0.2, 0.25) is 11.8 Å². The molecule has 0 radical (unpaired) electrons. The number of hydrazone groups is 1. The second-order valence-electron chi connectivity index (χ2n) is 5.94. The van der Waals surface area contributed by atoms with Crippen LogP contribution in [0.15, 0.2) is 23.3 Å². The fourth-order valence-corrected chi connectivity index (χ4v) is 2.21. The maximum Gasteiger partial charge on any atom is 0.240 e. The van der Waals surface area contributed by atoms with Crippen molar-refractivity contribution in [2.24, 2.45) is 11.0 Å². The average molecular weight is 338 g/mol. The number of hydrogen-bond donors (Lipinski definition) is 2. The van der Waals surface area contributed by atoms with E-state index in [4.69, 9.17) is 11.6 Å². The van der Waals surface area contributed by atoms with Crippen molar-refractivity contribution < 1.29 is 9.59 Å². The SMILES string of the molecule is CC(CC(C)C)=NNC(=O)CCC(=O)Nc1cccc(Cl)c1C. The molecule has 0 aliphatic carbocycles. The van der Waals surface area contributed by atoms with E-state index in [1.165, 1.54) is 0 Å².